The van der Waals surface area contributed by atoms with Crippen LogP contribution in [0.4, 0.5) is 8.78 Å². The molecule has 0 aliphatic rings. The molecule has 0 radical (unpaired) electrons. The number of benzene rings is 1. The van der Waals surface area contributed by atoms with Crippen LogP contribution in [-0.2, 0) is 6.42 Å². The van der Waals surface area contributed by atoms with Crippen LogP contribution in [0.2, 0.25) is 0 Å². The van der Waals surface area contributed by atoms with Crippen molar-refractivity contribution >= 4 is 0 Å². The van der Waals surface area contributed by atoms with Crippen LogP contribution in [0.25, 0.3) is 0 Å². The Balaban J connectivity index is 3.24. The van der Waals surface area contributed by atoms with Gasteiger partial charge >= 0.3 is 0 Å². The van der Waals surface area contributed by atoms with Crippen molar-refractivity contribution in [3.05, 3.63) is 34.4 Å². The Morgan fingerprint density at radius 1 is 1.23 bits per heavy atom. The summed E-state index contributed by atoms with van der Waals surface area (Å²) in [6.07, 6.45) is 0.514. The molecule has 0 heterocycles. The first-order valence-corrected chi connectivity index (χ1v) is 4.22. The minimum Gasteiger partial charge on any atom is -0.330 e. The maximum Gasteiger partial charge on any atom is 0.132 e. The van der Waals surface area contributed by atoms with E-state index in [-0.39, 0.29) is 5.56 Å². The van der Waals surface area contributed by atoms with Crippen molar-refractivity contribution in [3.63, 3.8) is 0 Å². The summed E-state index contributed by atoms with van der Waals surface area (Å²) < 4.78 is 26.4. The van der Waals surface area contributed by atoms with Gasteiger partial charge in [-0.1, -0.05) is 0 Å². The maximum atomic E-state index is 13.3. The lowest BCUT2D eigenvalue weighted by Gasteiger charge is -2.08. The van der Waals surface area contributed by atoms with Crippen LogP contribution in [0.1, 0.15) is 16.7 Å². The first-order chi connectivity index (χ1) is 6.07. The molecule has 0 saturated heterocycles. The van der Waals surface area contributed by atoms with Crippen LogP contribution >= 0.6 is 0 Å². The topological polar surface area (TPSA) is 26.0 Å². The summed E-state index contributed by atoms with van der Waals surface area (Å²) in [7, 11) is 0. The fourth-order valence-electron chi connectivity index (χ4n) is 1.31. The molecule has 3 heteroatoms. The highest BCUT2D eigenvalue weighted by molar-refractivity contribution is 5.33. The summed E-state index contributed by atoms with van der Waals surface area (Å²) in [6.45, 7) is 3.49. The van der Waals surface area contributed by atoms with Gasteiger partial charge < -0.3 is 5.73 Å². The Bertz CT molecular complexity index is 321. The molecule has 1 aromatic carbocycles. The average Bonchev–Trinajstić information content (AvgIpc) is 2.11. The Morgan fingerprint density at radius 3 is 2.38 bits per heavy atom. The zero-order valence-electron chi connectivity index (χ0n) is 7.82. The summed E-state index contributed by atoms with van der Waals surface area (Å²) in [5.41, 5.74) is 6.56. The van der Waals surface area contributed by atoms with E-state index in [1.165, 1.54) is 13.0 Å². The molecule has 0 amide bonds. The molecule has 0 saturated carbocycles. The molecule has 1 nitrogen and oxygen atoms in total. The van der Waals surface area contributed by atoms with Crippen molar-refractivity contribution in [1.82, 2.24) is 0 Å². The van der Waals surface area contributed by atoms with E-state index in [0.717, 1.165) is 0 Å². The molecule has 1 aromatic rings. The highest BCUT2D eigenvalue weighted by Gasteiger charge is 2.11. The Kier molecular flexibility index (Phi) is 2.98. The van der Waals surface area contributed by atoms with Crippen LogP contribution < -0.4 is 5.73 Å². The Morgan fingerprint density at radius 2 is 1.85 bits per heavy atom. The van der Waals surface area contributed by atoms with E-state index in [9.17, 15) is 8.78 Å². The van der Waals surface area contributed by atoms with Gasteiger partial charge in [0.2, 0.25) is 0 Å². The van der Waals surface area contributed by atoms with E-state index in [1.807, 2.05) is 0 Å². The lowest BCUT2D eigenvalue weighted by Crippen LogP contribution is -2.07. The van der Waals surface area contributed by atoms with Gasteiger partial charge in [-0.15, -0.1) is 0 Å². The van der Waals surface area contributed by atoms with Crippen LogP contribution in [-0.4, -0.2) is 6.54 Å². The number of nitrogens with two attached hydrogens (primary N) is 1. The largest absolute Gasteiger partial charge is 0.330 e. The first-order valence-electron chi connectivity index (χ1n) is 4.22. The molecule has 13 heavy (non-hydrogen) atoms. The minimum atomic E-state index is -0.494. The van der Waals surface area contributed by atoms with E-state index in [4.69, 9.17) is 5.73 Å². The van der Waals surface area contributed by atoms with Gasteiger partial charge in [-0.25, -0.2) is 8.78 Å². The summed E-state index contributed by atoms with van der Waals surface area (Å²) in [5, 5.41) is 0. The van der Waals surface area contributed by atoms with Gasteiger partial charge in [-0.2, -0.15) is 0 Å². The predicted molar refractivity (Wildman–Crippen MR) is 48.6 cm³/mol. The van der Waals surface area contributed by atoms with Gasteiger partial charge in [0, 0.05) is 5.56 Å². The molecular formula is C10H13F2N. The van der Waals surface area contributed by atoms with E-state index in [1.54, 1.807) is 6.92 Å². The van der Waals surface area contributed by atoms with Crippen molar-refractivity contribution in [2.75, 3.05) is 6.54 Å². The number of hydrogen-bond donors (Lipinski definition) is 1. The molecule has 0 fully saturated rings. The normalized spacial score (nSPS) is 10.5. The lowest BCUT2D eigenvalue weighted by molar-refractivity contribution is 0.558. The van der Waals surface area contributed by atoms with E-state index in [0.29, 0.717) is 24.1 Å². The van der Waals surface area contributed by atoms with Crippen molar-refractivity contribution in [3.8, 4) is 0 Å². The molecule has 1 rings (SSSR count). The van der Waals surface area contributed by atoms with Gasteiger partial charge in [-0.3, -0.25) is 0 Å². The van der Waals surface area contributed by atoms with Crippen molar-refractivity contribution in [2.45, 2.75) is 20.3 Å². The number of halogens is 2. The SMILES string of the molecule is Cc1c(F)cc(CCN)c(C)c1F. The highest BCUT2D eigenvalue weighted by Crippen LogP contribution is 2.19. The quantitative estimate of drug-likeness (QED) is 0.750. The standard InChI is InChI=1S/C10H13F2N/c1-6-8(3-4-13)5-9(11)7(2)10(6)12/h5H,3-4,13H2,1-2H3. The smallest absolute Gasteiger partial charge is 0.132 e. The van der Waals surface area contributed by atoms with Gasteiger partial charge in [0.25, 0.3) is 0 Å². The monoisotopic (exact) mass is 185 g/mol. The second-order valence-corrected chi connectivity index (χ2v) is 3.12. The molecule has 0 spiro atoms. The van der Waals surface area contributed by atoms with Crippen molar-refractivity contribution in [2.24, 2.45) is 5.73 Å². The molecule has 0 unspecified atom stereocenters. The Labute approximate surface area is 76.6 Å². The molecule has 0 aliphatic carbocycles. The second-order valence-electron chi connectivity index (χ2n) is 3.12. The molecular weight excluding hydrogens is 172 g/mol. The van der Waals surface area contributed by atoms with E-state index >= 15 is 0 Å². The first kappa shape index (κ1) is 10.1. The van der Waals surface area contributed by atoms with Crippen LogP contribution in [0.3, 0.4) is 0 Å². The molecule has 72 valence electrons. The van der Waals surface area contributed by atoms with Crippen LogP contribution in [0.5, 0.6) is 0 Å². The van der Waals surface area contributed by atoms with Gasteiger partial charge in [0.05, 0.1) is 0 Å². The third-order valence-corrected chi connectivity index (χ3v) is 2.21. The summed E-state index contributed by atoms with van der Waals surface area (Å²) in [4.78, 5) is 0. The second kappa shape index (κ2) is 3.83. The third-order valence-electron chi connectivity index (χ3n) is 2.21. The van der Waals surface area contributed by atoms with E-state index in [2.05, 4.69) is 0 Å². The van der Waals surface area contributed by atoms with Gasteiger partial charge in [0.15, 0.2) is 0 Å². The highest BCUT2D eigenvalue weighted by atomic mass is 19.1. The minimum absolute atomic E-state index is 0.0817. The molecule has 0 bridgehead atoms. The summed E-state index contributed by atoms with van der Waals surface area (Å²) >= 11 is 0. The molecule has 2 N–H and O–H groups in total. The van der Waals surface area contributed by atoms with Gasteiger partial charge in [-0.05, 0) is 44.0 Å². The summed E-state index contributed by atoms with van der Waals surface area (Å²) in [5.74, 6) is -0.949. The number of hydrogen-bond acceptors (Lipinski definition) is 1. The number of rotatable bonds is 2. The van der Waals surface area contributed by atoms with Crippen molar-refractivity contribution in [1.29, 1.82) is 0 Å². The van der Waals surface area contributed by atoms with E-state index < -0.39 is 11.6 Å². The Hall–Kier alpha value is -0.960. The fraction of sp³-hybridized carbons (Fsp3) is 0.400. The molecule has 0 aliphatic heterocycles. The third kappa shape index (κ3) is 1.86. The van der Waals surface area contributed by atoms with Crippen LogP contribution in [0.15, 0.2) is 6.07 Å². The fourth-order valence-corrected chi connectivity index (χ4v) is 1.31. The lowest BCUT2D eigenvalue weighted by atomic mass is 10.0. The van der Waals surface area contributed by atoms with Gasteiger partial charge in [0.1, 0.15) is 11.6 Å². The average molecular weight is 185 g/mol. The van der Waals surface area contributed by atoms with Crippen LogP contribution in [0, 0.1) is 25.5 Å². The molecule has 0 aromatic heterocycles. The summed E-state index contributed by atoms with van der Waals surface area (Å²) in [6, 6.07) is 1.36. The van der Waals surface area contributed by atoms with Crippen molar-refractivity contribution < 1.29 is 8.78 Å². The zero-order valence-corrected chi connectivity index (χ0v) is 7.82. The predicted octanol–water partition coefficient (Wildman–Crippen LogP) is 2.08. The molecule has 0 atom stereocenters. The zero-order chi connectivity index (χ0) is 10.0. The maximum absolute atomic E-state index is 13.3.